The summed E-state index contributed by atoms with van der Waals surface area (Å²) in [4.78, 5) is 0. The highest BCUT2D eigenvalue weighted by atomic mass is 35.5. The molecule has 4 N–H and O–H groups in total. The van der Waals surface area contributed by atoms with Crippen LogP contribution in [-0.2, 0) is 16.4 Å². The molecule has 8 heteroatoms. The molecule has 0 saturated carbocycles. The molecule has 0 saturated heterocycles. The number of benzene rings is 1. The van der Waals surface area contributed by atoms with E-state index in [9.17, 15) is 8.42 Å². The van der Waals surface area contributed by atoms with Crippen LogP contribution in [0.15, 0.2) is 23.4 Å². The summed E-state index contributed by atoms with van der Waals surface area (Å²) < 4.78 is 22.6. The first-order chi connectivity index (χ1) is 9.39. The lowest BCUT2D eigenvalue weighted by molar-refractivity contribution is 0.318. The zero-order chi connectivity index (χ0) is 15.2. The predicted octanol–water partition coefficient (Wildman–Crippen LogP) is 0.959. The summed E-state index contributed by atoms with van der Waals surface area (Å²) >= 11 is 6.08. The Morgan fingerprint density at radius 1 is 1.50 bits per heavy atom. The van der Waals surface area contributed by atoms with Crippen molar-refractivity contribution in [2.45, 2.75) is 13.5 Å². The van der Waals surface area contributed by atoms with Crippen molar-refractivity contribution in [2.24, 2.45) is 10.9 Å². The lowest BCUT2D eigenvalue weighted by Crippen LogP contribution is -2.23. The third kappa shape index (κ3) is 4.99. The fourth-order valence-corrected chi connectivity index (χ4v) is 2.49. The minimum atomic E-state index is -2.96. The van der Waals surface area contributed by atoms with Gasteiger partial charge >= 0.3 is 0 Å². The van der Waals surface area contributed by atoms with Gasteiger partial charge in [-0.25, -0.2) is 8.42 Å². The number of halogens is 1. The maximum atomic E-state index is 11.3. The van der Waals surface area contributed by atoms with Gasteiger partial charge in [-0.05, 0) is 11.6 Å². The molecule has 0 fully saturated rings. The lowest BCUT2D eigenvalue weighted by Gasteiger charge is -2.08. The Bertz CT molecular complexity index is 588. The topological polar surface area (TPSA) is 105 Å². The van der Waals surface area contributed by atoms with Crippen LogP contribution in [0.25, 0.3) is 0 Å². The van der Waals surface area contributed by atoms with Crippen molar-refractivity contribution in [1.29, 1.82) is 0 Å². The molecule has 0 spiro atoms. The van der Waals surface area contributed by atoms with Gasteiger partial charge in [0.15, 0.2) is 15.7 Å². The average Bonchev–Trinajstić information content (AvgIpc) is 2.44. The predicted molar refractivity (Wildman–Crippen MR) is 80.0 cm³/mol. The van der Waals surface area contributed by atoms with E-state index in [1.165, 1.54) is 0 Å². The average molecular weight is 320 g/mol. The minimum Gasteiger partial charge on any atom is -0.409 e. The van der Waals surface area contributed by atoms with Crippen molar-refractivity contribution in [2.75, 3.05) is 18.1 Å². The van der Waals surface area contributed by atoms with Crippen LogP contribution in [-0.4, -0.2) is 37.5 Å². The van der Waals surface area contributed by atoms with Crippen molar-refractivity contribution in [3.63, 3.8) is 0 Å². The Labute approximate surface area is 123 Å². The van der Waals surface area contributed by atoms with Crippen molar-refractivity contribution in [1.82, 2.24) is 5.32 Å². The highest BCUT2D eigenvalue weighted by Gasteiger charge is 2.08. The number of amidine groups is 1. The van der Waals surface area contributed by atoms with Crippen LogP contribution in [0.2, 0.25) is 5.02 Å². The molecule has 0 unspecified atom stereocenters. The van der Waals surface area contributed by atoms with E-state index in [0.717, 1.165) is 5.56 Å². The summed E-state index contributed by atoms with van der Waals surface area (Å²) in [6.45, 7) is 2.45. The number of hydrogen-bond acceptors (Lipinski definition) is 5. The van der Waals surface area contributed by atoms with E-state index in [-0.39, 0.29) is 17.3 Å². The first-order valence-corrected chi connectivity index (χ1v) is 8.27. The van der Waals surface area contributed by atoms with Gasteiger partial charge in [-0.1, -0.05) is 35.8 Å². The van der Waals surface area contributed by atoms with Gasteiger partial charge in [-0.3, -0.25) is 0 Å². The number of hydrogen-bond donors (Lipinski definition) is 3. The maximum absolute atomic E-state index is 11.3. The molecule has 0 atom stereocenters. The van der Waals surface area contributed by atoms with Crippen LogP contribution >= 0.6 is 11.6 Å². The van der Waals surface area contributed by atoms with Crippen LogP contribution in [0, 0.1) is 0 Å². The Hall–Kier alpha value is -1.31. The summed E-state index contributed by atoms with van der Waals surface area (Å²) in [5.74, 6) is 0.230. The van der Waals surface area contributed by atoms with Gasteiger partial charge in [0.1, 0.15) is 0 Å². The van der Waals surface area contributed by atoms with E-state index < -0.39 is 9.84 Å². The van der Waals surface area contributed by atoms with E-state index >= 15 is 0 Å². The van der Waals surface area contributed by atoms with E-state index in [2.05, 4.69) is 10.5 Å². The molecule has 6 nitrogen and oxygen atoms in total. The lowest BCUT2D eigenvalue weighted by atomic mass is 10.1. The van der Waals surface area contributed by atoms with E-state index in [4.69, 9.17) is 22.5 Å². The van der Waals surface area contributed by atoms with Crippen LogP contribution in [0.1, 0.15) is 18.1 Å². The maximum Gasteiger partial charge on any atom is 0.170 e. The fourth-order valence-electron chi connectivity index (χ4n) is 1.50. The first kappa shape index (κ1) is 16.7. The number of rotatable bonds is 7. The summed E-state index contributed by atoms with van der Waals surface area (Å²) in [7, 11) is -2.96. The molecule has 0 aliphatic carbocycles. The highest BCUT2D eigenvalue weighted by Crippen LogP contribution is 2.17. The Kier molecular flexibility index (Phi) is 6.25. The van der Waals surface area contributed by atoms with Crippen molar-refractivity contribution < 1.29 is 13.6 Å². The van der Waals surface area contributed by atoms with Crippen LogP contribution < -0.4 is 11.1 Å². The fraction of sp³-hybridized carbons (Fsp3) is 0.417. The SMILES string of the molecule is CCS(=O)(=O)CCNCc1ccc(/C(N)=N/O)cc1Cl. The highest BCUT2D eigenvalue weighted by molar-refractivity contribution is 7.91. The molecule has 1 rings (SSSR count). The van der Waals surface area contributed by atoms with Gasteiger partial charge in [0.25, 0.3) is 0 Å². The summed E-state index contributed by atoms with van der Waals surface area (Å²) in [5, 5.41) is 15.0. The standard InChI is InChI=1S/C12H18ClN3O3S/c1-2-20(18,19)6-5-15-8-10-4-3-9(7-11(10)13)12(14)16-17/h3-4,7,15,17H,2,5-6,8H2,1H3,(H2,14,16). The number of nitrogens with zero attached hydrogens (tertiary/aromatic N) is 1. The molecule has 0 radical (unpaired) electrons. The van der Waals surface area contributed by atoms with Crippen LogP contribution in [0.3, 0.4) is 0 Å². The molecule has 0 aliphatic heterocycles. The first-order valence-electron chi connectivity index (χ1n) is 6.07. The summed E-state index contributed by atoms with van der Waals surface area (Å²) in [5.41, 5.74) is 6.79. The molecule has 20 heavy (non-hydrogen) atoms. The minimum absolute atomic E-state index is 0.0135. The molecular weight excluding hydrogens is 302 g/mol. The smallest absolute Gasteiger partial charge is 0.170 e. The molecule has 1 aromatic carbocycles. The molecule has 112 valence electrons. The molecule has 1 aromatic rings. The quantitative estimate of drug-likeness (QED) is 0.228. The van der Waals surface area contributed by atoms with E-state index in [0.29, 0.717) is 23.7 Å². The molecular formula is C12H18ClN3O3S. The second-order valence-corrected chi connectivity index (χ2v) is 7.08. The number of sulfone groups is 1. The van der Waals surface area contributed by atoms with Crippen molar-refractivity contribution in [3.05, 3.63) is 34.3 Å². The normalized spacial score (nSPS) is 12.6. The van der Waals surface area contributed by atoms with Crippen molar-refractivity contribution >= 4 is 27.3 Å². The zero-order valence-electron chi connectivity index (χ0n) is 11.1. The third-order valence-electron chi connectivity index (χ3n) is 2.80. The molecule has 0 amide bonds. The van der Waals surface area contributed by atoms with Gasteiger partial charge in [-0.2, -0.15) is 0 Å². The Morgan fingerprint density at radius 2 is 2.20 bits per heavy atom. The second kappa shape index (κ2) is 7.47. The van der Waals surface area contributed by atoms with E-state index in [1.807, 2.05) is 0 Å². The van der Waals surface area contributed by atoms with Gasteiger partial charge in [0, 0.05) is 29.4 Å². The number of nitrogens with one attached hydrogen (secondary N) is 1. The zero-order valence-corrected chi connectivity index (χ0v) is 12.7. The molecule has 0 bridgehead atoms. The summed E-state index contributed by atoms with van der Waals surface area (Å²) in [6.07, 6.45) is 0. The van der Waals surface area contributed by atoms with E-state index in [1.54, 1.807) is 25.1 Å². The molecule has 0 aliphatic rings. The summed E-state index contributed by atoms with van der Waals surface area (Å²) in [6, 6.07) is 5.02. The Morgan fingerprint density at radius 3 is 2.75 bits per heavy atom. The number of oxime groups is 1. The van der Waals surface area contributed by atoms with Crippen LogP contribution in [0.4, 0.5) is 0 Å². The second-order valence-electron chi connectivity index (χ2n) is 4.20. The molecule has 0 heterocycles. The monoisotopic (exact) mass is 319 g/mol. The largest absolute Gasteiger partial charge is 0.409 e. The Balaban J connectivity index is 2.58. The van der Waals surface area contributed by atoms with Gasteiger partial charge in [0.05, 0.1) is 5.75 Å². The van der Waals surface area contributed by atoms with Gasteiger partial charge in [-0.15, -0.1) is 0 Å². The van der Waals surface area contributed by atoms with Gasteiger partial charge in [0.2, 0.25) is 0 Å². The number of nitrogens with two attached hydrogens (primary N) is 1. The third-order valence-corrected chi connectivity index (χ3v) is 4.86. The van der Waals surface area contributed by atoms with Gasteiger partial charge < -0.3 is 16.3 Å². The van der Waals surface area contributed by atoms with Crippen molar-refractivity contribution in [3.8, 4) is 0 Å². The molecule has 0 aromatic heterocycles. The van der Waals surface area contributed by atoms with Crippen LogP contribution in [0.5, 0.6) is 0 Å².